The zero-order chi connectivity index (χ0) is 12.1. The standard InChI is InChI=1S/C14H20ClNO/c1-11-2-7-14(17-11)10-16-9-8-12-3-5-13(15)6-4-12/h3-6,11,14,16H,2,7-10H2,1H3. The molecule has 0 aliphatic carbocycles. The van der Waals surface area contributed by atoms with E-state index in [4.69, 9.17) is 16.3 Å². The number of rotatable bonds is 5. The number of hydrogen-bond donors (Lipinski definition) is 1. The molecule has 0 bridgehead atoms. The molecule has 17 heavy (non-hydrogen) atoms. The minimum Gasteiger partial charge on any atom is -0.374 e. The topological polar surface area (TPSA) is 21.3 Å². The summed E-state index contributed by atoms with van der Waals surface area (Å²) in [6, 6.07) is 8.05. The Morgan fingerprint density at radius 1 is 1.29 bits per heavy atom. The van der Waals surface area contributed by atoms with Gasteiger partial charge in [-0.25, -0.2) is 0 Å². The Hall–Kier alpha value is -0.570. The molecule has 2 nitrogen and oxygen atoms in total. The molecule has 94 valence electrons. The van der Waals surface area contributed by atoms with Gasteiger partial charge in [0.15, 0.2) is 0 Å². The summed E-state index contributed by atoms with van der Waals surface area (Å²) in [6.07, 6.45) is 4.28. The molecule has 1 N–H and O–H groups in total. The molecule has 3 heteroatoms. The molecule has 1 saturated heterocycles. The maximum Gasteiger partial charge on any atom is 0.0704 e. The molecular formula is C14H20ClNO. The Morgan fingerprint density at radius 2 is 2.06 bits per heavy atom. The van der Waals surface area contributed by atoms with Crippen LogP contribution in [0.3, 0.4) is 0 Å². The highest BCUT2D eigenvalue weighted by atomic mass is 35.5. The molecule has 1 aliphatic heterocycles. The first-order valence-electron chi connectivity index (χ1n) is 6.34. The molecule has 0 saturated carbocycles. The zero-order valence-electron chi connectivity index (χ0n) is 10.3. The van der Waals surface area contributed by atoms with Gasteiger partial charge in [0.25, 0.3) is 0 Å². The monoisotopic (exact) mass is 253 g/mol. The number of ether oxygens (including phenoxy) is 1. The van der Waals surface area contributed by atoms with Crippen molar-refractivity contribution in [2.75, 3.05) is 13.1 Å². The van der Waals surface area contributed by atoms with E-state index < -0.39 is 0 Å². The third-order valence-corrected chi connectivity index (χ3v) is 3.45. The van der Waals surface area contributed by atoms with E-state index in [0.29, 0.717) is 12.2 Å². The van der Waals surface area contributed by atoms with Crippen molar-refractivity contribution in [1.29, 1.82) is 0 Å². The van der Waals surface area contributed by atoms with Crippen molar-refractivity contribution >= 4 is 11.6 Å². The van der Waals surface area contributed by atoms with Gasteiger partial charge in [0.2, 0.25) is 0 Å². The Bertz CT molecular complexity index is 339. The minimum atomic E-state index is 0.412. The van der Waals surface area contributed by atoms with Crippen LogP contribution in [-0.4, -0.2) is 25.3 Å². The van der Waals surface area contributed by atoms with Gasteiger partial charge in [-0.1, -0.05) is 23.7 Å². The average molecular weight is 254 g/mol. The predicted octanol–water partition coefficient (Wildman–Crippen LogP) is 3.04. The summed E-state index contributed by atoms with van der Waals surface area (Å²) in [5, 5.41) is 4.25. The van der Waals surface area contributed by atoms with Gasteiger partial charge in [0, 0.05) is 11.6 Å². The van der Waals surface area contributed by atoms with Gasteiger partial charge < -0.3 is 10.1 Å². The van der Waals surface area contributed by atoms with E-state index in [1.165, 1.54) is 18.4 Å². The fourth-order valence-corrected chi connectivity index (χ4v) is 2.31. The second-order valence-corrected chi connectivity index (χ2v) is 5.16. The summed E-state index contributed by atoms with van der Waals surface area (Å²) < 4.78 is 5.75. The lowest BCUT2D eigenvalue weighted by molar-refractivity contribution is 0.0562. The summed E-state index contributed by atoms with van der Waals surface area (Å²) >= 11 is 5.84. The largest absolute Gasteiger partial charge is 0.374 e. The summed E-state index contributed by atoms with van der Waals surface area (Å²) in [5.74, 6) is 0. The molecule has 2 atom stereocenters. The van der Waals surface area contributed by atoms with Crippen molar-refractivity contribution in [2.45, 2.75) is 38.4 Å². The minimum absolute atomic E-state index is 0.412. The molecular weight excluding hydrogens is 234 g/mol. The molecule has 1 fully saturated rings. The van der Waals surface area contributed by atoms with Crippen LogP contribution in [0.5, 0.6) is 0 Å². The van der Waals surface area contributed by atoms with E-state index in [-0.39, 0.29) is 0 Å². The van der Waals surface area contributed by atoms with Crippen molar-refractivity contribution in [3.63, 3.8) is 0 Å². The first kappa shape index (κ1) is 12.9. The third kappa shape index (κ3) is 4.30. The molecule has 1 aliphatic rings. The Morgan fingerprint density at radius 3 is 2.71 bits per heavy atom. The van der Waals surface area contributed by atoms with Gasteiger partial charge in [-0.3, -0.25) is 0 Å². The molecule has 1 aromatic carbocycles. The molecule has 1 heterocycles. The second-order valence-electron chi connectivity index (χ2n) is 4.73. The fourth-order valence-electron chi connectivity index (χ4n) is 2.18. The van der Waals surface area contributed by atoms with Crippen LogP contribution in [0, 0.1) is 0 Å². The normalized spacial score (nSPS) is 24.1. The molecule has 1 aromatic rings. The van der Waals surface area contributed by atoms with Crippen LogP contribution in [0.1, 0.15) is 25.3 Å². The lowest BCUT2D eigenvalue weighted by Gasteiger charge is -2.12. The van der Waals surface area contributed by atoms with Gasteiger partial charge >= 0.3 is 0 Å². The smallest absolute Gasteiger partial charge is 0.0704 e. The van der Waals surface area contributed by atoms with Crippen LogP contribution in [0.25, 0.3) is 0 Å². The molecule has 2 rings (SSSR count). The van der Waals surface area contributed by atoms with E-state index in [2.05, 4.69) is 24.4 Å². The first-order valence-corrected chi connectivity index (χ1v) is 6.72. The summed E-state index contributed by atoms with van der Waals surface area (Å²) in [7, 11) is 0. The van der Waals surface area contributed by atoms with E-state index in [9.17, 15) is 0 Å². The lowest BCUT2D eigenvalue weighted by atomic mass is 10.1. The van der Waals surface area contributed by atoms with Gasteiger partial charge in [-0.05, 0) is 50.4 Å². The van der Waals surface area contributed by atoms with Crippen LogP contribution in [-0.2, 0) is 11.2 Å². The Labute approximate surface area is 108 Å². The summed E-state index contributed by atoms with van der Waals surface area (Å²) in [5.41, 5.74) is 1.32. The number of halogens is 1. The van der Waals surface area contributed by atoms with E-state index in [1.54, 1.807) is 0 Å². The van der Waals surface area contributed by atoms with Crippen molar-refractivity contribution in [1.82, 2.24) is 5.32 Å². The molecule has 0 spiro atoms. The van der Waals surface area contributed by atoms with Crippen molar-refractivity contribution in [3.05, 3.63) is 34.9 Å². The van der Waals surface area contributed by atoms with Gasteiger partial charge in [-0.2, -0.15) is 0 Å². The average Bonchev–Trinajstić information content (AvgIpc) is 2.73. The number of benzene rings is 1. The highest BCUT2D eigenvalue weighted by Crippen LogP contribution is 2.18. The highest BCUT2D eigenvalue weighted by Gasteiger charge is 2.20. The Balaban J connectivity index is 1.61. The maximum atomic E-state index is 5.84. The van der Waals surface area contributed by atoms with E-state index in [0.717, 1.165) is 24.5 Å². The fraction of sp³-hybridized carbons (Fsp3) is 0.571. The molecule has 2 unspecified atom stereocenters. The molecule has 0 amide bonds. The van der Waals surface area contributed by atoms with Crippen molar-refractivity contribution in [3.8, 4) is 0 Å². The van der Waals surface area contributed by atoms with E-state index >= 15 is 0 Å². The molecule has 0 radical (unpaired) electrons. The third-order valence-electron chi connectivity index (χ3n) is 3.20. The van der Waals surface area contributed by atoms with Crippen LogP contribution in [0.4, 0.5) is 0 Å². The van der Waals surface area contributed by atoms with Crippen molar-refractivity contribution < 1.29 is 4.74 Å². The van der Waals surface area contributed by atoms with Crippen LogP contribution >= 0.6 is 11.6 Å². The Kier molecular flexibility index (Phi) is 4.84. The quantitative estimate of drug-likeness (QED) is 0.815. The zero-order valence-corrected chi connectivity index (χ0v) is 11.0. The van der Waals surface area contributed by atoms with Crippen LogP contribution in [0.15, 0.2) is 24.3 Å². The van der Waals surface area contributed by atoms with Crippen LogP contribution < -0.4 is 5.32 Å². The van der Waals surface area contributed by atoms with Crippen LogP contribution in [0.2, 0.25) is 5.02 Å². The molecule has 0 aromatic heterocycles. The van der Waals surface area contributed by atoms with Gasteiger partial charge in [0.05, 0.1) is 12.2 Å². The predicted molar refractivity (Wildman–Crippen MR) is 71.6 cm³/mol. The van der Waals surface area contributed by atoms with Crippen molar-refractivity contribution in [2.24, 2.45) is 0 Å². The summed E-state index contributed by atoms with van der Waals surface area (Å²) in [4.78, 5) is 0. The van der Waals surface area contributed by atoms with E-state index in [1.807, 2.05) is 12.1 Å². The maximum absolute atomic E-state index is 5.84. The first-order chi connectivity index (χ1) is 8.24. The number of nitrogens with one attached hydrogen (secondary N) is 1. The lowest BCUT2D eigenvalue weighted by Crippen LogP contribution is -2.28. The SMILES string of the molecule is CC1CCC(CNCCc2ccc(Cl)cc2)O1. The van der Waals surface area contributed by atoms with Gasteiger partial charge in [-0.15, -0.1) is 0 Å². The van der Waals surface area contributed by atoms with Gasteiger partial charge in [0.1, 0.15) is 0 Å². The highest BCUT2D eigenvalue weighted by molar-refractivity contribution is 6.30. The number of hydrogen-bond acceptors (Lipinski definition) is 2. The summed E-state index contributed by atoms with van der Waals surface area (Å²) in [6.45, 7) is 4.11. The second kappa shape index (κ2) is 6.39.